The maximum atomic E-state index is 4.12. The van der Waals surface area contributed by atoms with Gasteiger partial charge in [0.2, 0.25) is 0 Å². The SMILES string of the molecule is CC(C)(Br)Nc1ccccn1. The second kappa shape index (κ2) is 3.22. The van der Waals surface area contributed by atoms with Gasteiger partial charge in [-0.15, -0.1) is 0 Å². The number of hydrogen-bond acceptors (Lipinski definition) is 2. The highest BCUT2D eigenvalue weighted by molar-refractivity contribution is 9.10. The van der Waals surface area contributed by atoms with Crippen LogP contribution in [0.3, 0.4) is 0 Å². The third kappa shape index (κ3) is 3.37. The predicted molar refractivity (Wildman–Crippen MR) is 50.9 cm³/mol. The van der Waals surface area contributed by atoms with Gasteiger partial charge in [-0.3, -0.25) is 0 Å². The zero-order chi connectivity index (χ0) is 8.32. The number of pyridine rings is 1. The Balaban J connectivity index is 2.66. The molecule has 0 atom stereocenters. The van der Waals surface area contributed by atoms with Gasteiger partial charge < -0.3 is 5.32 Å². The second-order valence-corrected chi connectivity index (χ2v) is 4.79. The number of halogens is 1. The third-order valence-corrected chi connectivity index (χ3v) is 1.29. The zero-order valence-electron chi connectivity index (χ0n) is 6.63. The lowest BCUT2D eigenvalue weighted by Gasteiger charge is -2.18. The van der Waals surface area contributed by atoms with Crippen molar-refractivity contribution >= 4 is 21.7 Å². The highest BCUT2D eigenvalue weighted by Crippen LogP contribution is 2.17. The monoisotopic (exact) mass is 214 g/mol. The molecule has 2 nitrogen and oxygen atoms in total. The highest BCUT2D eigenvalue weighted by Gasteiger charge is 2.10. The average molecular weight is 215 g/mol. The Morgan fingerprint density at radius 3 is 2.64 bits per heavy atom. The van der Waals surface area contributed by atoms with Crippen molar-refractivity contribution < 1.29 is 0 Å². The molecule has 0 aliphatic carbocycles. The fraction of sp³-hybridized carbons (Fsp3) is 0.375. The van der Waals surface area contributed by atoms with E-state index in [-0.39, 0.29) is 4.45 Å². The summed E-state index contributed by atoms with van der Waals surface area (Å²) in [6, 6.07) is 5.78. The molecule has 0 spiro atoms. The minimum atomic E-state index is -0.0959. The van der Waals surface area contributed by atoms with Crippen molar-refractivity contribution in [1.29, 1.82) is 0 Å². The summed E-state index contributed by atoms with van der Waals surface area (Å²) in [4.78, 5) is 4.12. The summed E-state index contributed by atoms with van der Waals surface area (Å²) in [6.45, 7) is 4.06. The van der Waals surface area contributed by atoms with Crippen LogP contribution in [0.25, 0.3) is 0 Å². The van der Waals surface area contributed by atoms with Crippen molar-refractivity contribution in [2.24, 2.45) is 0 Å². The van der Waals surface area contributed by atoms with Gasteiger partial charge in [0.05, 0.1) is 4.45 Å². The van der Waals surface area contributed by atoms with Crippen LogP contribution in [0.2, 0.25) is 0 Å². The van der Waals surface area contributed by atoms with Crippen LogP contribution in [0.5, 0.6) is 0 Å². The molecule has 0 saturated heterocycles. The first-order chi connectivity index (χ1) is 5.08. The first kappa shape index (κ1) is 8.53. The van der Waals surface area contributed by atoms with E-state index < -0.39 is 0 Å². The van der Waals surface area contributed by atoms with E-state index in [9.17, 15) is 0 Å². The Labute approximate surface area is 75.2 Å². The molecule has 60 valence electrons. The van der Waals surface area contributed by atoms with Crippen molar-refractivity contribution in [3.8, 4) is 0 Å². The summed E-state index contributed by atoms with van der Waals surface area (Å²) in [5.41, 5.74) is 0. The lowest BCUT2D eigenvalue weighted by molar-refractivity contribution is 0.834. The fourth-order valence-electron chi connectivity index (χ4n) is 0.741. The van der Waals surface area contributed by atoms with E-state index in [0.717, 1.165) is 5.82 Å². The number of nitrogens with one attached hydrogen (secondary N) is 1. The van der Waals surface area contributed by atoms with E-state index in [1.54, 1.807) is 6.20 Å². The Bertz CT molecular complexity index is 215. The maximum absolute atomic E-state index is 4.12. The van der Waals surface area contributed by atoms with Gasteiger partial charge in [0, 0.05) is 6.20 Å². The van der Waals surface area contributed by atoms with Gasteiger partial charge in [0.15, 0.2) is 0 Å². The quantitative estimate of drug-likeness (QED) is 0.605. The Morgan fingerprint density at radius 2 is 2.18 bits per heavy atom. The normalized spacial score (nSPS) is 11.2. The molecule has 0 aliphatic rings. The van der Waals surface area contributed by atoms with E-state index in [1.807, 2.05) is 32.0 Å². The van der Waals surface area contributed by atoms with Crippen LogP contribution in [-0.4, -0.2) is 9.43 Å². The van der Waals surface area contributed by atoms with Gasteiger partial charge in [-0.05, 0) is 26.0 Å². The van der Waals surface area contributed by atoms with Crippen molar-refractivity contribution in [3.05, 3.63) is 24.4 Å². The number of aromatic nitrogens is 1. The molecule has 0 amide bonds. The highest BCUT2D eigenvalue weighted by atomic mass is 79.9. The Hall–Kier alpha value is -0.570. The summed E-state index contributed by atoms with van der Waals surface area (Å²) >= 11 is 3.46. The van der Waals surface area contributed by atoms with E-state index in [2.05, 4.69) is 26.2 Å². The van der Waals surface area contributed by atoms with Crippen LogP contribution in [0.15, 0.2) is 24.4 Å². The van der Waals surface area contributed by atoms with E-state index in [1.165, 1.54) is 0 Å². The van der Waals surface area contributed by atoms with Gasteiger partial charge in [-0.2, -0.15) is 0 Å². The average Bonchev–Trinajstić information content (AvgIpc) is 1.85. The van der Waals surface area contributed by atoms with Gasteiger partial charge in [0.1, 0.15) is 5.82 Å². The molecular weight excluding hydrogens is 204 g/mol. The molecule has 11 heavy (non-hydrogen) atoms. The van der Waals surface area contributed by atoms with Crippen LogP contribution < -0.4 is 5.32 Å². The van der Waals surface area contributed by atoms with Gasteiger partial charge in [-0.25, -0.2) is 4.98 Å². The zero-order valence-corrected chi connectivity index (χ0v) is 8.22. The molecule has 1 N–H and O–H groups in total. The van der Waals surface area contributed by atoms with Crippen molar-refractivity contribution in [1.82, 2.24) is 4.98 Å². The topological polar surface area (TPSA) is 24.9 Å². The number of hydrogen-bond donors (Lipinski definition) is 1. The lowest BCUT2D eigenvalue weighted by Crippen LogP contribution is -2.22. The molecule has 1 rings (SSSR count). The summed E-state index contributed by atoms with van der Waals surface area (Å²) in [7, 11) is 0. The molecule has 0 saturated carbocycles. The fourth-order valence-corrected chi connectivity index (χ4v) is 0.944. The maximum Gasteiger partial charge on any atom is 0.126 e. The molecule has 1 heterocycles. The molecule has 0 fully saturated rings. The van der Waals surface area contributed by atoms with Crippen molar-refractivity contribution in [3.63, 3.8) is 0 Å². The van der Waals surface area contributed by atoms with Gasteiger partial charge in [-0.1, -0.05) is 22.0 Å². The largest absolute Gasteiger partial charge is 0.356 e. The minimum Gasteiger partial charge on any atom is -0.356 e. The molecule has 3 heteroatoms. The molecule has 0 unspecified atom stereocenters. The van der Waals surface area contributed by atoms with Crippen LogP contribution in [-0.2, 0) is 0 Å². The molecule has 0 bridgehead atoms. The number of alkyl halides is 1. The predicted octanol–water partition coefficient (Wildman–Crippen LogP) is 2.62. The van der Waals surface area contributed by atoms with Gasteiger partial charge >= 0.3 is 0 Å². The first-order valence-electron chi connectivity index (χ1n) is 3.46. The summed E-state index contributed by atoms with van der Waals surface area (Å²) in [6.07, 6.45) is 1.76. The Morgan fingerprint density at radius 1 is 1.45 bits per heavy atom. The van der Waals surface area contributed by atoms with Crippen molar-refractivity contribution in [2.45, 2.75) is 18.3 Å². The number of nitrogens with zero attached hydrogens (tertiary/aromatic N) is 1. The molecule has 0 aromatic carbocycles. The van der Waals surface area contributed by atoms with E-state index in [0.29, 0.717) is 0 Å². The second-order valence-electron chi connectivity index (χ2n) is 2.81. The van der Waals surface area contributed by atoms with Crippen LogP contribution in [0.1, 0.15) is 13.8 Å². The van der Waals surface area contributed by atoms with Crippen molar-refractivity contribution in [2.75, 3.05) is 5.32 Å². The van der Waals surface area contributed by atoms with E-state index >= 15 is 0 Å². The molecule has 0 radical (unpaired) electrons. The summed E-state index contributed by atoms with van der Waals surface area (Å²) in [5.74, 6) is 0.884. The lowest BCUT2D eigenvalue weighted by atomic mass is 10.4. The number of anilines is 1. The van der Waals surface area contributed by atoms with Crippen LogP contribution in [0.4, 0.5) is 5.82 Å². The molecular formula is C8H11BrN2. The smallest absolute Gasteiger partial charge is 0.126 e. The summed E-state index contributed by atoms with van der Waals surface area (Å²) < 4.78 is -0.0959. The standard InChI is InChI=1S/C8H11BrN2/c1-8(2,9)11-7-5-3-4-6-10-7/h3-6H,1-2H3,(H,10,11). The van der Waals surface area contributed by atoms with Gasteiger partial charge in [0.25, 0.3) is 0 Å². The van der Waals surface area contributed by atoms with Crippen LogP contribution >= 0.6 is 15.9 Å². The number of rotatable bonds is 2. The third-order valence-electron chi connectivity index (χ3n) is 1.09. The molecule has 0 aliphatic heterocycles. The minimum absolute atomic E-state index is 0.0959. The summed E-state index contributed by atoms with van der Waals surface area (Å²) in [5, 5.41) is 3.19. The van der Waals surface area contributed by atoms with E-state index in [4.69, 9.17) is 0 Å². The molecule has 1 aromatic rings. The Kier molecular flexibility index (Phi) is 2.49. The van der Waals surface area contributed by atoms with Crippen LogP contribution in [0, 0.1) is 0 Å². The molecule has 1 aromatic heterocycles. The first-order valence-corrected chi connectivity index (χ1v) is 4.25.